The van der Waals surface area contributed by atoms with Gasteiger partial charge in [-0.2, -0.15) is 11.8 Å². The van der Waals surface area contributed by atoms with Crippen molar-refractivity contribution in [2.45, 2.75) is 6.10 Å². The van der Waals surface area contributed by atoms with E-state index >= 15 is 0 Å². The smallest absolute Gasteiger partial charge is 0.324 e. The number of rotatable bonds is 6. The Kier molecular flexibility index (Phi) is 4.86. The van der Waals surface area contributed by atoms with Crippen molar-refractivity contribution in [2.24, 2.45) is 0 Å². The second-order valence-electron chi connectivity index (χ2n) is 3.12. The minimum Gasteiger partial charge on any atom is -0.394 e. The number of nitrogens with one attached hydrogen (secondary N) is 1. The summed E-state index contributed by atoms with van der Waals surface area (Å²) in [6.45, 7) is 0.145. The number of hydrogen-bond acceptors (Lipinski definition) is 5. The van der Waals surface area contributed by atoms with Crippen LogP contribution in [0, 0.1) is 0 Å². The van der Waals surface area contributed by atoms with Crippen molar-refractivity contribution < 1.29 is 19.8 Å². The zero-order valence-corrected chi connectivity index (χ0v) is 9.00. The summed E-state index contributed by atoms with van der Waals surface area (Å²) in [6, 6.07) is -0.358. The normalized spacial score (nSPS) is 18.1. The molecule has 1 aliphatic heterocycles. The monoisotopic (exact) mass is 234 g/mol. The zero-order valence-electron chi connectivity index (χ0n) is 8.18. The molecule has 0 spiro atoms. The molecule has 0 bridgehead atoms. The van der Waals surface area contributed by atoms with Crippen LogP contribution in [0.3, 0.4) is 0 Å². The SMILES string of the molecule is O=C1CNC(=O)N1CCSCC(O)CO. The molecule has 1 saturated heterocycles. The van der Waals surface area contributed by atoms with Gasteiger partial charge in [-0.3, -0.25) is 9.69 Å². The van der Waals surface area contributed by atoms with Gasteiger partial charge >= 0.3 is 6.03 Å². The van der Waals surface area contributed by atoms with Crippen LogP contribution in [-0.4, -0.2) is 64.4 Å². The van der Waals surface area contributed by atoms with Crippen molar-refractivity contribution in [3.05, 3.63) is 0 Å². The predicted molar refractivity (Wildman–Crippen MR) is 55.5 cm³/mol. The summed E-state index contributed by atoms with van der Waals surface area (Å²) in [5.41, 5.74) is 0. The minimum absolute atomic E-state index is 0.0722. The molecule has 6 nitrogen and oxygen atoms in total. The Balaban J connectivity index is 2.14. The predicted octanol–water partition coefficient (Wildman–Crippen LogP) is -1.38. The molecule has 0 aromatic carbocycles. The number of thioether (sulfide) groups is 1. The molecule has 1 rings (SSSR count). The Hall–Kier alpha value is -0.790. The highest BCUT2D eigenvalue weighted by Crippen LogP contribution is 2.06. The van der Waals surface area contributed by atoms with E-state index < -0.39 is 6.10 Å². The van der Waals surface area contributed by atoms with Gasteiger partial charge in [-0.05, 0) is 0 Å². The van der Waals surface area contributed by atoms with Crippen LogP contribution < -0.4 is 5.32 Å². The number of carbonyl (C=O) groups excluding carboxylic acids is 2. The lowest BCUT2D eigenvalue weighted by molar-refractivity contribution is -0.124. The lowest BCUT2D eigenvalue weighted by atomic mass is 10.4. The molecule has 0 radical (unpaired) electrons. The molecule has 0 aromatic heterocycles. The van der Waals surface area contributed by atoms with E-state index in [1.165, 1.54) is 11.8 Å². The number of amides is 3. The molecule has 0 aliphatic carbocycles. The van der Waals surface area contributed by atoms with Crippen molar-refractivity contribution in [1.82, 2.24) is 10.2 Å². The Labute approximate surface area is 91.6 Å². The van der Waals surface area contributed by atoms with E-state index in [1.54, 1.807) is 0 Å². The largest absolute Gasteiger partial charge is 0.394 e. The van der Waals surface area contributed by atoms with Crippen molar-refractivity contribution >= 4 is 23.7 Å². The highest BCUT2D eigenvalue weighted by Gasteiger charge is 2.27. The van der Waals surface area contributed by atoms with E-state index in [9.17, 15) is 9.59 Å². The number of nitrogens with zero attached hydrogens (tertiary/aromatic N) is 1. The molecule has 15 heavy (non-hydrogen) atoms. The van der Waals surface area contributed by atoms with Crippen molar-refractivity contribution in [3.63, 3.8) is 0 Å². The average molecular weight is 234 g/mol. The van der Waals surface area contributed by atoms with Crippen molar-refractivity contribution in [2.75, 3.05) is 31.2 Å². The third kappa shape index (κ3) is 3.69. The van der Waals surface area contributed by atoms with Crippen LogP contribution in [0.1, 0.15) is 0 Å². The van der Waals surface area contributed by atoms with Crippen LogP contribution in [-0.2, 0) is 4.79 Å². The third-order valence-corrected chi connectivity index (χ3v) is 3.01. The van der Waals surface area contributed by atoms with Gasteiger partial charge in [0.2, 0.25) is 5.91 Å². The van der Waals surface area contributed by atoms with Gasteiger partial charge in [0.1, 0.15) is 0 Å². The molecule has 1 unspecified atom stereocenters. The van der Waals surface area contributed by atoms with Gasteiger partial charge in [-0.15, -0.1) is 0 Å². The van der Waals surface area contributed by atoms with Crippen LogP contribution >= 0.6 is 11.8 Å². The Bertz CT molecular complexity index is 233. The third-order valence-electron chi connectivity index (χ3n) is 1.92. The van der Waals surface area contributed by atoms with Crippen molar-refractivity contribution in [1.29, 1.82) is 0 Å². The first kappa shape index (κ1) is 12.3. The molecule has 1 heterocycles. The van der Waals surface area contributed by atoms with Gasteiger partial charge in [0, 0.05) is 18.1 Å². The maximum Gasteiger partial charge on any atom is 0.324 e. The first-order valence-electron chi connectivity index (χ1n) is 4.60. The number of hydrogen-bond donors (Lipinski definition) is 3. The summed E-state index contributed by atoms with van der Waals surface area (Å²) in [5.74, 6) is 0.749. The van der Waals surface area contributed by atoms with E-state index in [0.29, 0.717) is 18.1 Å². The topological polar surface area (TPSA) is 89.9 Å². The standard InChI is InChI=1S/C8H14N2O4S/c11-4-6(12)5-15-2-1-10-7(13)3-9-8(10)14/h6,11-12H,1-5H2,(H,9,14). The van der Waals surface area contributed by atoms with E-state index in [1.807, 2.05) is 0 Å². The van der Waals surface area contributed by atoms with Gasteiger partial charge < -0.3 is 15.5 Å². The first-order valence-corrected chi connectivity index (χ1v) is 5.75. The van der Waals surface area contributed by atoms with Crippen LogP contribution in [0.25, 0.3) is 0 Å². The summed E-state index contributed by atoms with van der Waals surface area (Å²) < 4.78 is 0. The summed E-state index contributed by atoms with van der Waals surface area (Å²) in [6.07, 6.45) is -0.738. The van der Waals surface area contributed by atoms with E-state index in [-0.39, 0.29) is 25.1 Å². The molecule has 0 aromatic rings. The van der Waals surface area contributed by atoms with Gasteiger partial charge in [0.15, 0.2) is 0 Å². The Morgan fingerprint density at radius 2 is 2.27 bits per heavy atom. The van der Waals surface area contributed by atoms with Crippen LogP contribution in [0.4, 0.5) is 4.79 Å². The molecule has 86 valence electrons. The molecular formula is C8H14N2O4S. The number of imide groups is 1. The summed E-state index contributed by atoms with van der Waals surface area (Å²) >= 11 is 1.39. The molecule has 1 atom stereocenters. The quantitative estimate of drug-likeness (QED) is 0.389. The summed E-state index contributed by atoms with van der Waals surface area (Å²) in [5, 5.41) is 20.0. The van der Waals surface area contributed by atoms with Gasteiger partial charge in [0.05, 0.1) is 19.3 Å². The molecule has 7 heteroatoms. The molecule has 3 amide bonds. The van der Waals surface area contributed by atoms with Crippen molar-refractivity contribution in [3.8, 4) is 0 Å². The summed E-state index contributed by atoms with van der Waals surface area (Å²) in [7, 11) is 0. The molecule has 3 N–H and O–H groups in total. The minimum atomic E-state index is -0.738. The summed E-state index contributed by atoms with van der Waals surface area (Å²) in [4.78, 5) is 23.3. The molecule has 1 fully saturated rings. The van der Waals surface area contributed by atoms with Crippen LogP contribution in [0.5, 0.6) is 0 Å². The Morgan fingerprint density at radius 3 is 2.80 bits per heavy atom. The number of urea groups is 1. The fourth-order valence-corrected chi connectivity index (χ4v) is 1.97. The maximum atomic E-state index is 11.1. The first-order chi connectivity index (χ1) is 7.15. The van der Waals surface area contributed by atoms with E-state index in [2.05, 4.69) is 5.32 Å². The molecule has 1 aliphatic rings. The fourth-order valence-electron chi connectivity index (χ4n) is 1.11. The van der Waals surface area contributed by atoms with E-state index in [0.717, 1.165) is 4.90 Å². The maximum absolute atomic E-state index is 11.1. The zero-order chi connectivity index (χ0) is 11.3. The highest BCUT2D eigenvalue weighted by atomic mass is 32.2. The number of aliphatic hydroxyl groups is 2. The lowest BCUT2D eigenvalue weighted by Gasteiger charge is -2.12. The Morgan fingerprint density at radius 1 is 1.53 bits per heavy atom. The highest BCUT2D eigenvalue weighted by molar-refractivity contribution is 7.99. The second kappa shape index (κ2) is 5.94. The molecule has 0 saturated carbocycles. The van der Waals surface area contributed by atoms with Gasteiger partial charge in [-0.25, -0.2) is 4.79 Å². The van der Waals surface area contributed by atoms with Crippen LogP contribution in [0.2, 0.25) is 0 Å². The second-order valence-corrected chi connectivity index (χ2v) is 4.27. The number of aliphatic hydroxyl groups excluding tert-OH is 2. The fraction of sp³-hybridized carbons (Fsp3) is 0.750. The van der Waals surface area contributed by atoms with Crippen LogP contribution in [0.15, 0.2) is 0 Å². The average Bonchev–Trinajstić information content (AvgIpc) is 2.54. The lowest BCUT2D eigenvalue weighted by Crippen LogP contribution is -2.33. The van der Waals surface area contributed by atoms with Gasteiger partial charge in [0.25, 0.3) is 0 Å². The van der Waals surface area contributed by atoms with E-state index in [4.69, 9.17) is 10.2 Å². The number of carbonyl (C=O) groups is 2. The van der Waals surface area contributed by atoms with Gasteiger partial charge in [-0.1, -0.05) is 0 Å². The molecular weight excluding hydrogens is 220 g/mol.